The minimum atomic E-state index is -1.24. The summed E-state index contributed by atoms with van der Waals surface area (Å²) in [5, 5.41) is 1.81. The van der Waals surface area contributed by atoms with E-state index in [9.17, 15) is 24.0 Å². The molecule has 12 heteroatoms. The number of nitrogens with one attached hydrogen (secondary N) is 1. The molecule has 0 radical (unpaired) electrons. The molecule has 1 fully saturated rings. The van der Waals surface area contributed by atoms with Crippen LogP contribution in [-0.4, -0.2) is 69.8 Å². The molecule has 0 aromatic heterocycles. The van der Waals surface area contributed by atoms with Gasteiger partial charge in [0.2, 0.25) is 6.10 Å². The van der Waals surface area contributed by atoms with E-state index in [2.05, 4.69) is 5.32 Å². The number of esters is 3. The van der Waals surface area contributed by atoms with E-state index < -0.39 is 58.6 Å². The average Bonchev–Trinajstić information content (AvgIpc) is 2.82. The summed E-state index contributed by atoms with van der Waals surface area (Å²) in [6.45, 7) is 11.2. The number of thioether (sulfide) groups is 1. The SMILES string of the molecule is CC(=O)OCC1=C(C(=O)OC(C)(C)C)N2C(=O)[C@H](OC(=O)C(NC(=O)OC(C)(C)C)c3ccccc3)[C@H]2SC1. The minimum Gasteiger partial charge on any atom is -0.461 e. The lowest BCUT2D eigenvalue weighted by atomic mass is 10.0. The van der Waals surface area contributed by atoms with Crippen molar-refractivity contribution in [3.05, 3.63) is 47.2 Å². The summed E-state index contributed by atoms with van der Waals surface area (Å²) in [4.78, 5) is 64.6. The summed E-state index contributed by atoms with van der Waals surface area (Å²) in [5.74, 6) is -2.54. The van der Waals surface area contributed by atoms with E-state index in [0.717, 1.165) is 0 Å². The summed E-state index contributed by atoms with van der Waals surface area (Å²) in [7, 11) is 0. The molecule has 3 rings (SSSR count). The van der Waals surface area contributed by atoms with Gasteiger partial charge in [0.1, 0.15) is 28.9 Å². The zero-order valence-corrected chi connectivity index (χ0v) is 23.9. The van der Waals surface area contributed by atoms with Gasteiger partial charge in [-0.05, 0) is 47.1 Å². The number of benzene rings is 1. The smallest absolute Gasteiger partial charge is 0.408 e. The van der Waals surface area contributed by atoms with E-state index in [4.69, 9.17) is 18.9 Å². The number of amides is 2. The molecule has 1 aromatic rings. The van der Waals surface area contributed by atoms with E-state index in [-0.39, 0.29) is 18.1 Å². The van der Waals surface area contributed by atoms with Crippen molar-refractivity contribution < 1.29 is 42.9 Å². The van der Waals surface area contributed by atoms with Crippen LogP contribution in [0.2, 0.25) is 0 Å². The molecular weight excluding hydrogens is 528 g/mol. The molecule has 1 aromatic carbocycles. The van der Waals surface area contributed by atoms with E-state index in [0.29, 0.717) is 11.1 Å². The quantitative estimate of drug-likeness (QED) is 0.299. The van der Waals surface area contributed by atoms with Crippen LogP contribution in [0.1, 0.15) is 60.1 Å². The molecule has 2 aliphatic rings. The maximum atomic E-state index is 13.3. The van der Waals surface area contributed by atoms with Gasteiger partial charge in [0.15, 0.2) is 6.04 Å². The normalized spacial score (nSPS) is 19.8. The molecule has 1 N–H and O–H groups in total. The molecule has 0 spiro atoms. The first kappa shape index (κ1) is 30.0. The molecule has 0 bridgehead atoms. The van der Waals surface area contributed by atoms with Crippen molar-refractivity contribution in [3.63, 3.8) is 0 Å². The third-order valence-electron chi connectivity index (χ3n) is 5.31. The number of hydrogen-bond donors (Lipinski definition) is 1. The van der Waals surface area contributed by atoms with Crippen LogP contribution in [0, 0.1) is 0 Å². The number of carbonyl (C=O) groups excluding carboxylic acids is 5. The molecular formula is C27H34N2O9S. The molecule has 0 aliphatic carbocycles. The van der Waals surface area contributed by atoms with Gasteiger partial charge in [-0.1, -0.05) is 30.3 Å². The molecule has 2 heterocycles. The van der Waals surface area contributed by atoms with Crippen LogP contribution in [0.4, 0.5) is 4.79 Å². The lowest BCUT2D eigenvalue weighted by molar-refractivity contribution is -0.178. The van der Waals surface area contributed by atoms with Crippen LogP contribution in [0.3, 0.4) is 0 Å². The predicted molar refractivity (Wildman–Crippen MR) is 141 cm³/mol. The molecule has 11 nitrogen and oxygen atoms in total. The van der Waals surface area contributed by atoms with Gasteiger partial charge in [-0.3, -0.25) is 14.5 Å². The maximum absolute atomic E-state index is 13.3. The highest BCUT2D eigenvalue weighted by molar-refractivity contribution is 8.00. The number of carbonyl (C=O) groups is 5. The topological polar surface area (TPSA) is 138 Å². The van der Waals surface area contributed by atoms with E-state index >= 15 is 0 Å². The van der Waals surface area contributed by atoms with Crippen molar-refractivity contribution in [2.24, 2.45) is 0 Å². The Kier molecular flexibility index (Phi) is 8.99. The molecule has 1 saturated heterocycles. The second-order valence-electron chi connectivity index (χ2n) is 11.0. The Hall–Kier alpha value is -3.54. The van der Waals surface area contributed by atoms with Crippen LogP contribution in [0.15, 0.2) is 41.6 Å². The Morgan fingerprint density at radius 2 is 1.64 bits per heavy atom. The van der Waals surface area contributed by atoms with Crippen LogP contribution >= 0.6 is 11.8 Å². The van der Waals surface area contributed by atoms with Crippen molar-refractivity contribution in [1.82, 2.24) is 10.2 Å². The fourth-order valence-corrected chi connectivity index (χ4v) is 5.08. The average molecular weight is 563 g/mol. The Balaban J connectivity index is 1.82. The maximum Gasteiger partial charge on any atom is 0.408 e. The van der Waals surface area contributed by atoms with E-state index in [1.54, 1.807) is 71.9 Å². The standard InChI is InChI=1S/C27H34N2O9S/c1-15(30)35-13-17-14-39-22-20(21(31)29(22)19(17)24(33)37-26(2,3)4)36-23(32)18(16-11-9-8-10-12-16)28-25(34)38-27(5,6)7/h8-12,18,20,22H,13-14H2,1-7H3,(H,28,34)/t18?,20-,22+/m0/s1. The first-order valence-electron chi connectivity index (χ1n) is 12.4. The van der Waals surface area contributed by atoms with Crippen molar-refractivity contribution in [1.29, 1.82) is 0 Å². The molecule has 2 aliphatic heterocycles. The second kappa shape index (κ2) is 11.7. The lowest BCUT2D eigenvalue weighted by Crippen LogP contribution is -2.66. The number of β-lactam (4-membered cyclic amide) rings is 1. The number of nitrogens with zero attached hydrogens (tertiary/aromatic N) is 1. The number of rotatable bonds is 7. The molecule has 212 valence electrons. The van der Waals surface area contributed by atoms with Crippen LogP contribution in [-0.2, 0) is 38.1 Å². The van der Waals surface area contributed by atoms with Gasteiger partial charge in [-0.25, -0.2) is 14.4 Å². The van der Waals surface area contributed by atoms with Gasteiger partial charge in [0, 0.05) is 18.2 Å². The molecule has 1 unspecified atom stereocenters. The number of ether oxygens (including phenoxy) is 4. The fraction of sp³-hybridized carbons (Fsp3) is 0.519. The van der Waals surface area contributed by atoms with Gasteiger partial charge in [-0.2, -0.15) is 0 Å². The van der Waals surface area contributed by atoms with Gasteiger partial charge >= 0.3 is 24.0 Å². The highest BCUT2D eigenvalue weighted by Gasteiger charge is 2.57. The highest BCUT2D eigenvalue weighted by Crippen LogP contribution is 2.42. The van der Waals surface area contributed by atoms with E-state index in [1.807, 2.05) is 0 Å². The summed E-state index contributed by atoms with van der Waals surface area (Å²) in [6, 6.07) is 7.18. The van der Waals surface area contributed by atoms with Crippen LogP contribution in [0.5, 0.6) is 0 Å². The zero-order valence-electron chi connectivity index (χ0n) is 23.1. The van der Waals surface area contributed by atoms with Crippen molar-refractivity contribution in [2.75, 3.05) is 12.4 Å². The fourth-order valence-electron chi connectivity index (χ4n) is 3.78. The van der Waals surface area contributed by atoms with Crippen molar-refractivity contribution >= 4 is 41.7 Å². The third-order valence-corrected chi connectivity index (χ3v) is 6.63. The van der Waals surface area contributed by atoms with Gasteiger partial charge in [-0.15, -0.1) is 11.8 Å². The molecule has 3 atom stereocenters. The Labute approximate surface area is 231 Å². The van der Waals surface area contributed by atoms with E-state index in [1.165, 1.54) is 23.6 Å². The number of hydrogen-bond acceptors (Lipinski definition) is 10. The minimum absolute atomic E-state index is 0.0290. The summed E-state index contributed by atoms with van der Waals surface area (Å²) >= 11 is 1.25. The second-order valence-corrected chi connectivity index (χ2v) is 12.1. The van der Waals surface area contributed by atoms with Crippen LogP contribution in [0.25, 0.3) is 0 Å². The lowest BCUT2D eigenvalue weighted by Gasteiger charge is -2.49. The number of fused-ring (bicyclic) bond motifs is 1. The number of alkyl carbamates (subject to hydrolysis) is 1. The first-order valence-corrected chi connectivity index (χ1v) is 13.4. The largest absolute Gasteiger partial charge is 0.461 e. The van der Waals surface area contributed by atoms with Gasteiger partial charge < -0.3 is 24.3 Å². The molecule has 39 heavy (non-hydrogen) atoms. The third kappa shape index (κ3) is 7.75. The Morgan fingerprint density at radius 3 is 2.21 bits per heavy atom. The Morgan fingerprint density at radius 1 is 1.03 bits per heavy atom. The van der Waals surface area contributed by atoms with Crippen molar-refractivity contribution in [2.45, 2.75) is 77.2 Å². The Bertz CT molecular complexity index is 1170. The first-order chi connectivity index (χ1) is 18.1. The van der Waals surface area contributed by atoms with Crippen molar-refractivity contribution in [3.8, 4) is 0 Å². The highest BCUT2D eigenvalue weighted by atomic mass is 32.2. The van der Waals surface area contributed by atoms with Gasteiger partial charge in [0.05, 0.1) is 0 Å². The van der Waals surface area contributed by atoms with Crippen LogP contribution < -0.4 is 5.32 Å². The van der Waals surface area contributed by atoms with Gasteiger partial charge in [0.25, 0.3) is 5.91 Å². The molecule has 0 saturated carbocycles. The summed E-state index contributed by atoms with van der Waals surface area (Å²) < 4.78 is 21.5. The predicted octanol–water partition coefficient (Wildman–Crippen LogP) is 3.24. The monoisotopic (exact) mass is 562 g/mol. The summed E-state index contributed by atoms with van der Waals surface area (Å²) in [6.07, 6.45) is -2.03. The molecule has 2 amide bonds. The zero-order chi connectivity index (χ0) is 29.1. The summed E-state index contributed by atoms with van der Waals surface area (Å²) in [5.41, 5.74) is -0.822.